The van der Waals surface area contributed by atoms with Gasteiger partial charge in [0.1, 0.15) is 0 Å². The summed E-state index contributed by atoms with van der Waals surface area (Å²) in [6.45, 7) is 0.394. The van der Waals surface area contributed by atoms with E-state index >= 15 is 0 Å². The lowest BCUT2D eigenvalue weighted by molar-refractivity contribution is 0.0468. The van der Waals surface area contributed by atoms with Crippen LogP contribution in [0.1, 0.15) is 33.6 Å². The van der Waals surface area contributed by atoms with Crippen LogP contribution in [-0.4, -0.2) is 46.2 Å². The van der Waals surface area contributed by atoms with Crippen LogP contribution in [0.4, 0.5) is 8.78 Å². The molecule has 0 aliphatic carbocycles. The van der Waals surface area contributed by atoms with Crippen molar-refractivity contribution < 1.29 is 28.6 Å². The molecule has 108 valence electrons. The molecule has 1 aromatic rings. The van der Waals surface area contributed by atoms with Crippen molar-refractivity contribution in [3.8, 4) is 0 Å². The van der Waals surface area contributed by atoms with Crippen molar-refractivity contribution in [2.24, 2.45) is 0 Å². The monoisotopic (exact) mass is 285 g/mol. The minimum Gasteiger partial charge on any atom is -0.478 e. The van der Waals surface area contributed by atoms with E-state index in [0.29, 0.717) is 31.5 Å². The van der Waals surface area contributed by atoms with Crippen LogP contribution in [-0.2, 0) is 0 Å². The first-order chi connectivity index (χ1) is 9.40. The summed E-state index contributed by atoms with van der Waals surface area (Å²) in [7, 11) is 0. The third-order valence-electron chi connectivity index (χ3n) is 3.20. The second-order valence-corrected chi connectivity index (χ2v) is 4.66. The summed E-state index contributed by atoms with van der Waals surface area (Å²) < 4.78 is 26.3. The number of carboxylic acid groups (broad SMARTS) is 1. The smallest absolute Gasteiger partial charge is 0.336 e. The average Bonchev–Trinajstić information content (AvgIpc) is 2.40. The highest BCUT2D eigenvalue weighted by atomic mass is 19.2. The third-order valence-corrected chi connectivity index (χ3v) is 3.20. The Labute approximate surface area is 113 Å². The van der Waals surface area contributed by atoms with Crippen LogP contribution in [0.3, 0.4) is 0 Å². The Morgan fingerprint density at radius 3 is 2.35 bits per heavy atom. The number of carbonyl (C=O) groups is 2. The molecule has 1 aliphatic heterocycles. The van der Waals surface area contributed by atoms with Gasteiger partial charge in [0.2, 0.25) is 0 Å². The molecule has 1 fully saturated rings. The number of β-amino-alcohol motifs (C(OH)–C–C–N with tert-alkyl or cyclic N) is 1. The molecular weight excluding hydrogens is 272 g/mol. The normalized spacial score (nSPS) is 18.9. The van der Waals surface area contributed by atoms with Gasteiger partial charge < -0.3 is 15.1 Å². The fourth-order valence-corrected chi connectivity index (χ4v) is 2.21. The summed E-state index contributed by atoms with van der Waals surface area (Å²) >= 11 is 0. The van der Waals surface area contributed by atoms with Crippen LogP contribution in [0.2, 0.25) is 0 Å². The second kappa shape index (κ2) is 5.54. The highest BCUT2D eigenvalue weighted by molar-refractivity contribution is 6.04. The number of carbonyl (C=O) groups excluding carboxylic acids is 1. The average molecular weight is 285 g/mol. The summed E-state index contributed by atoms with van der Waals surface area (Å²) in [6.07, 6.45) is 0.429. The molecule has 0 saturated carbocycles. The molecule has 0 bridgehead atoms. The largest absolute Gasteiger partial charge is 0.478 e. The number of benzene rings is 1. The van der Waals surface area contributed by atoms with Crippen LogP contribution < -0.4 is 0 Å². The minimum atomic E-state index is -1.51. The number of carboxylic acids is 1. The first-order valence-electron chi connectivity index (χ1n) is 6.10. The van der Waals surface area contributed by atoms with Crippen molar-refractivity contribution in [3.63, 3.8) is 0 Å². The third kappa shape index (κ3) is 2.77. The SMILES string of the molecule is O=C(O)c1cc(F)c(F)cc1C(=O)N1CCCC(O)C1. The van der Waals surface area contributed by atoms with Gasteiger partial charge in [-0.05, 0) is 25.0 Å². The topological polar surface area (TPSA) is 77.8 Å². The van der Waals surface area contributed by atoms with Gasteiger partial charge in [-0.15, -0.1) is 0 Å². The van der Waals surface area contributed by atoms with E-state index < -0.39 is 40.7 Å². The Balaban J connectivity index is 2.38. The highest BCUT2D eigenvalue weighted by Gasteiger charge is 2.27. The zero-order valence-corrected chi connectivity index (χ0v) is 10.5. The molecule has 2 rings (SSSR count). The van der Waals surface area contributed by atoms with Gasteiger partial charge in [-0.2, -0.15) is 0 Å². The lowest BCUT2D eigenvalue weighted by atomic mass is 10.0. The van der Waals surface area contributed by atoms with Crippen molar-refractivity contribution >= 4 is 11.9 Å². The van der Waals surface area contributed by atoms with Gasteiger partial charge in [-0.25, -0.2) is 13.6 Å². The standard InChI is InChI=1S/C13H13F2NO4/c14-10-4-8(9(13(19)20)5-11(10)15)12(18)16-3-1-2-7(17)6-16/h4-5,7,17H,1-3,6H2,(H,19,20). The van der Waals surface area contributed by atoms with E-state index in [2.05, 4.69) is 0 Å². The maximum Gasteiger partial charge on any atom is 0.336 e. The molecule has 0 aromatic heterocycles. The molecule has 1 aromatic carbocycles. The molecule has 1 heterocycles. The van der Waals surface area contributed by atoms with Gasteiger partial charge >= 0.3 is 5.97 Å². The summed E-state index contributed by atoms with van der Waals surface area (Å²) in [6, 6.07) is 1.08. The predicted molar refractivity (Wildman–Crippen MR) is 64.5 cm³/mol. The maximum atomic E-state index is 13.2. The van der Waals surface area contributed by atoms with E-state index in [9.17, 15) is 23.5 Å². The highest BCUT2D eigenvalue weighted by Crippen LogP contribution is 2.20. The fraction of sp³-hybridized carbons (Fsp3) is 0.385. The predicted octanol–water partition coefficient (Wildman–Crippen LogP) is 1.26. The van der Waals surface area contributed by atoms with Crippen LogP contribution in [0.25, 0.3) is 0 Å². The number of aliphatic hydroxyl groups excluding tert-OH is 1. The summed E-state index contributed by atoms with van der Waals surface area (Å²) in [5, 5.41) is 18.5. The van der Waals surface area contributed by atoms with Gasteiger partial charge in [0.05, 0.1) is 17.2 Å². The van der Waals surface area contributed by atoms with Crippen molar-refractivity contribution in [1.29, 1.82) is 0 Å². The molecule has 1 amide bonds. The molecule has 5 nitrogen and oxygen atoms in total. The van der Waals surface area contributed by atoms with E-state index in [1.54, 1.807) is 0 Å². The zero-order valence-electron chi connectivity index (χ0n) is 10.5. The summed E-state index contributed by atoms with van der Waals surface area (Å²) in [5.74, 6) is -4.83. The van der Waals surface area contributed by atoms with Gasteiger partial charge in [-0.1, -0.05) is 0 Å². The van der Waals surface area contributed by atoms with Gasteiger partial charge in [-0.3, -0.25) is 4.79 Å². The van der Waals surface area contributed by atoms with Crippen LogP contribution >= 0.6 is 0 Å². The van der Waals surface area contributed by atoms with Crippen molar-refractivity contribution in [2.75, 3.05) is 13.1 Å². The lowest BCUT2D eigenvalue weighted by Gasteiger charge is -2.30. The van der Waals surface area contributed by atoms with Gasteiger partial charge in [0.15, 0.2) is 11.6 Å². The Bertz CT molecular complexity index is 562. The molecule has 1 atom stereocenters. The number of hydrogen-bond donors (Lipinski definition) is 2. The number of piperidine rings is 1. The molecule has 1 saturated heterocycles. The maximum absolute atomic E-state index is 13.2. The quantitative estimate of drug-likeness (QED) is 0.857. The van der Waals surface area contributed by atoms with Crippen molar-refractivity contribution in [1.82, 2.24) is 4.90 Å². The van der Waals surface area contributed by atoms with Crippen molar-refractivity contribution in [2.45, 2.75) is 18.9 Å². The van der Waals surface area contributed by atoms with Crippen molar-refractivity contribution in [3.05, 3.63) is 34.9 Å². The Hall–Kier alpha value is -2.02. The number of amides is 1. The molecule has 0 spiro atoms. The van der Waals surface area contributed by atoms with Gasteiger partial charge in [0, 0.05) is 13.1 Å². The zero-order chi connectivity index (χ0) is 14.9. The Kier molecular flexibility index (Phi) is 3.99. The first-order valence-corrected chi connectivity index (χ1v) is 6.10. The molecule has 2 N–H and O–H groups in total. The molecule has 7 heteroatoms. The first kappa shape index (κ1) is 14.4. The number of halogens is 2. The number of aliphatic hydroxyl groups is 1. The number of hydrogen-bond acceptors (Lipinski definition) is 3. The number of nitrogens with zero attached hydrogens (tertiary/aromatic N) is 1. The molecular formula is C13H13F2NO4. The Morgan fingerprint density at radius 2 is 1.80 bits per heavy atom. The number of aromatic carboxylic acids is 1. The van der Waals surface area contributed by atoms with E-state index in [1.807, 2.05) is 0 Å². The Morgan fingerprint density at radius 1 is 1.20 bits per heavy atom. The second-order valence-electron chi connectivity index (χ2n) is 4.66. The van der Waals surface area contributed by atoms with Gasteiger partial charge in [0.25, 0.3) is 5.91 Å². The summed E-state index contributed by atoms with van der Waals surface area (Å²) in [5.41, 5.74) is -1.00. The summed E-state index contributed by atoms with van der Waals surface area (Å²) in [4.78, 5) is 24.5. The van der Waals surface area contributed by atoms with Crippen LogP contribution in [0.5, 0.6) is 0 Å². The number of likely N-dealkylation sites (tertiary alicyclic amines) is 1. The fourth-order valence-electron chi connectivity index (χ4n) is 2.21. The van der Waals surface area contributed by atoms with E-state index in [-0.39, 0.29) is 6.54 Å². The molecule has 1 aliphatic rings. The van der Waals surface area contributed by atoms with Crippen LogP contribution in [0, 0.1) is 11.6 Å². The molecule has 1 unspecified atom stereocenters. The molecule has 20 heavy (non-hydrogen) atoms. The molecule has 0 radical (unpaired) electrons. The number of rotatable bonds is 2. The lowest BCUT2D eigenvalue weighted by Crippen LogP contribution is -2.42. The van der Waals surface area contributed by atoms with E-state index in [0.717, 1.165) is 0 Å². The van der Waals surface area contributed by atoms with E-state index in [1.165, 1.54) is 4.90 Å². The van der Waals surface area contributed by atoms with Crippen LogP contribution in [0.15, 0.2) is 12.1 Å². The van der Waals surface area contributed by atoms with E-state index in [4.69, 9.17) is 5.11 Å². The minimum absolute atomic E-state index is 0.0525.